The molecule has 2 aromatic heterocycles. The Bertz CT molecular complexity index is 3510. The van der Waals surface area contributed by atoms with E-state index in [1.165, 1.54) is 55.0 Å². The summed E-state index contributed by atoms with van der Waals surface area (Å²) in [4.78, 5) is 2.39. The van der Waals surface area contributed by atoms with E-state index < -0.39 is 0 Å². The first kappa shape index (κ1) is 46.6. The largest absolute Gasteiger partial charge is 0.308 e. The molecule has 0 aliphatic heterocycles. The molecule has 8 aromatic carbocycles. The first-order chi connectivity index (χ1) is 32.6. The SMILES string of the molecule is CC(C)(C)c1cc(-c2cc(Br)cc(N(c3cccc(Cl)c3)c3cccc4c5cccc(-n6c7ccc(C(C)(C)C)cc7c7cc(C(C)(C)C)ccc76)c5n(-c5ccccc5)c34)c2)cc(C(C)(C)C)c1. The highest BCUT2D eigenvalue weighted by Crippen LogP contribution is 2.48. The van der Waals surface area contributed by atoms with Gasteiger partial charge in [-0.3, -0.25) is 0 Å². The Kier molecular flexibility index (Phi) is 11.4. The van der Waals surface area contributed by atoms with E-state index in [0.29, 0.717) is 5.02 Å². The molecule has 5 heteroatoms. The van der Waals surface area contributed by atoms with E-state index in [1.54, 1.807) is 0 Å². The van der Waals surface area contributed by atoms with Crippen molar-refractivity contribution in [2.45, 2.75) is 105 Å². The molecule has 0 spiro atoms. The van der Waals surface area contributed by atoms with Crippen LogP contribution in [0.5, 0.6) is 0 Å². The van der Waals surface area contributed by atoms with Crippen molar-refractivity contribution in [1.29, 1.82) is 0 Å². The number of rotatable bonds is 6. The van der Waals surface area contributed by atoms with Crippen molar-refractivity contribution in [2.75, 3.05) is 4.90 Å². The Morgan fingerprint density at radius 2 is 0.942 bits per heavy atom. The summed E-state index contributed by atoms with van der Waals surface area (Å²) < 4.78 is 6.00. The number of benzene rings is 8. The summed E-state index contributed by atoms with van der Waals surface area (Å²) in [7, 11) is 0. The third-order valence-electron chi connectivity index (χ3n) is 14.0. The highest BCUT2D eigenvalue weighted by molar-refractivity contribution is 9.10. The number of anilines is 3. The molecule has 10 aromatic rings. The van der Waals surface area contributed by atoms with Gasteiger partial charge in [0.1, 0.15) is 0 Å². The van der Waals surface area contributed by atoms with Crippen molar-refractivity contribution in [3.8, 4) is 22.5 Å². The second-order valence-corrected chi connectivity index (χ2v) is 24.5. The van der Waals surface area contributed by atoms with Crippen molar-refractivity contribution in [1.82, 2.24) is 9.13 Å². The minimum atomic E-state index is -0.0268. The first-order valence-electron chi connectivity index (χ1n) is 24.3. The quantitative estimate of drug-likeness (QED) is 0.162. The van der Waals surface area contributed by atoms with Gasteiger partial charge >= 0.3 is 0 Å². The normalized spacial score (nSPS) is 12.8. The van der Waals surface area contributed by atoms with Crippen LogP contribution < -0.4 is 4.90 Å². The van der Waals surface area contributed by atoms with Gasteiger partial charge in [0.05, 0.1) is 33.4 Å². The van der Waals surface area contributed by atoms with Crippen molar-refractivity contribution >= 4 is 88.2 Å². The van der Waals surface area contributed by atoms with E-state index in [1.807, 2.05) is 6.07 Å². The minimum Gasteiger partial charge on any atom is -0.308 e. The maximum absolute atomic E-state index is 6.95. The predicted octanol–water partition coefficient (Wildman–Crippen LogP) is 19.6. The second kappa shape index (κ2) is 16.8. The van der Waals surface area contributed by atoms with Gasteiger partial charge in [-0.1, -0.05) is 189 Å². The molecule has 0 unspecified atom stereocenters. The van der Waals surface area contributed by atoms with Gasteiger partial charge in [0, 0.05) is 48.1 Å². The Morgan fingerprint density at radius 3 is 1.51 bits per heavy atom. The number of halogens is 2. The molecule has 3 nitrogen and oxygen atoms in total. The van der Waals surface area contributed by atoms with E-state index in [2.05, 4.69) is 271 Å². The van der Waals surface area contributed by atoms with Crippen LogP contribution in [0.2, 0.25) is 5.02 Å². The Labute approximate surface area is 422 Å². The molecule has 0 aliphatic carbocycles. The van der Waals surface area contributed by atoms with E-state index in [-0.39, 0.29) is 21.7 Å². The van der Waals surface area contributed by atoms with Crippen LogP contribution in [0.25, 0.3) is 66.1 Å². The van der Waals surface area contributed by atoms with Crippen LogP contribution in [-0.4, -0.2) is 9.13 Å². The van der Waals surface area contributed by atoms with Crippen molar-refractivity contribution < 1.29 is 0 Å². The standard InChI is InChI=1S/C64H63BrClN3/c1-61(2,3)42-27-29-55-53(36-42)54-37-43(62(4,5)6)28-30-56(54)69(55)58-26-18-24-52-51-23-17-25-57(59(51)68(60(52)58)48-20-14-13-15-21-48)67(49-22-16-19-47(66)39-49)50-34-41(33-46(65)38-50)40-31-44(63(7,8)9)35-45(32-40)64(10,11)12/h13-39H,1-12H3. The van der Waals surface area contributed by atoms with Crippen LogP contribution in [0.15, 0.2) is 168 Å². The summed E-state index contributed by atoms with van der Waals surface area (Å²) in [6, 6.07) is 60.9. The molecular weight excluding hydrogens is 926 g/mol. The van der Waals surface area contributed by atoms with Gasteiger partial charge in [0.15, 0.2) is 0 Å². The van der Waals surface area contributed by atoms with Crippen LogP contribution in [-0.2, 0) is 21.7 Å². The average molecular weight is 990 g/mol. The lowest BCUT2D eigenvalue weighted by atomic mass is 9.79. The summed E-state index contributed by atoms with van der Waals surface area (Å²) in [6.45, 7) is 27.6. The average Bonchev–Trinajstić information content (AvgIpc) is 3.81. The van der Waals surface area contributed by atoms with E-state index in [9.17, 15) is 0 Å². The van der Waals surface area contributed by atoms with Crippen molar-refractivity contribution in [3.63, 3.8) is 0 Å². The van der Waals surface area contributed by atoms with Crippen LogP contribution >= 0.6 is 27.5 Å². The summed E-state index contributed by atoms with van der Waals surface area (Å²) in [5, 5.41) is 5.55. The van der Waals surface area contributed by atoms with E-state index in [4.69, 9.17) is 11.6 Å². The van der Waals surface area contributed by atoms with Gasteiger partial charge in [-0.05, 0) is 140 Å². The van der Waals surface area contributed by atoms with Gasteiger partial charge in [0.25, 0.3) is 0 Å². The molecule has 0 N–H and O–H groups in total. The molecule has 0 fully saturated rings. The maximum atomic E-state index is 6.95. The van der Waals surface area contributed by atoms with Crippen LogP contribution in [0.1, 0.15) is 105 Å². The molecule has 69 heavy (non-hydrogen) atoms. The van der Waals surface area contributed by atoms with Gasteiger partial charge < -0.3 is 14.0 Å². The van der Waals surface area contributed by atoms with Crippen molar-refractivity contribution in [2.24, 2.45) is 0 Å². The predicted molar refractivity (Wildman–Crippen MR) is 303 cm³/mol. The summed E-state index contributed by atoms with van der Waals surface area (Å²) in [5.41, 5.74) is 17.4. The molecule has 0 bridgehead atoms. The zero-order chi connectivity index (χ0) is 48.9. The molecule has 0 saturated carbocycles. The number of nitrogens with zero attached hydrogens (tertiary/aromatic N) is 3. The molecule has 348 valence electrons. The van der Waals surface area contributed by atoms with Crippen molar-refractivity contribution in [3.05, 3.63) is 196 Å². The summed E-state index contributed by atoms with van der Waals surface area (Å²) in [6.07, 6.45) is 0. The van der Waals surface area contributed by atoms with Crippen LogP contribution in [0.3, 0.4) is 0 Å². The number of para-hydroxylation sites is 3. The Balaban J connectivity index is 1.30. The zero-order valence-electron chi connectivity index (χ0n) is 42.2. The highest BCUT2D eigenvalue weighted by Gasteiger charge is 2.28. The second-order valence-electron chi connectivity index (χ2n) is 23.1. The van der Waals surface area contributed by atoms with Crippen LogP contribution in [0, 0.1) is 0 Å². The van der Waals surface area contributed by atoms with Gasteiger partial charge in [-0.25, -0.2) is 0 Å². The Morgan fingerprint density at radius 1 is 0.406 bits per heavy atom. The number of hydrogen-bond donors (Lipinski definition) is 0. The third kappa shape index (κ3) is 8.48. The molecule has 10 rings (SSSR count). The lowest BCUT2D eigenvalue weighted by Gasteiger charge is -2.29. The minimum absolute atomic E-state index is 0.00378. The molecule has 0 amide bonds. The van der Waals surface area contributed by atoms with Gasteiger partial charge in [0.2, 0.25) is 0 Å². The smallest absolute Gasteiger partial charge is 0.0783 e. The number of aromatic nitrogens is 2. The van der Waals surface area contributed by atoms with E-state index >= 15 is 0 Å². The van der Waals surface area contributed by atoms with Crippen LogP contribution in [0.4, 0.5) is 17.1 Å². The fraction of sp³-hybridized carbons (Fsp3) is 0.250. The molecule has 2 heterocycles. The lowest BCUT2D eigenvalue weighted by Crippen LogP contribution is -2.16. The fourth-order valence-electron chi connectivity index (χ4n) is 10.1. The van der Waals surface area contributed by atoms with E-state index in [0.717, 1.165) is 54.9 Å². The lowest BCUT2D eigenvalue weighted by molar-refractivity contribution is 0.569. The monoisotopic (exact) mass is 987 g/mol. The summed E-state index contributed by atoms with van der Waals surface area (Å²) in [5.74, 6) is 0. The first-order valence-corrected chi connectivity index (χ1v) is 25.5. The third-order valence-corrected chi connectivity index (χ3v) is 14.7. The number of fused-ring (bicyclic) bond motifs is 6. The molecule has 0 atom stereocenters. The molecule has 0 aliphatic rings. The fourth-order valence-corrected chi connectivity index (χ4v) is 10.7. The maximum Gasteiger partial charge on any atom is 0.0783 e. The molecular formula is C64H63BrClN3. The van der Waals surface area contributed by atoms with Gasteiger partial charge in [-0.2, -0.15) is 0 Å². The summed E-state index contributed by atoms with van der Waals surface area (Å²) >= 11 is 11.0. The van der Waals surface area contributed by atoms with Gasteiger partial charge in [-0.15, -0.1) is 0 Å². The highest BCUT2D eigenvalue weighted by atomic mass is 79.9. The number of hydrogen-bond acceptors (Lipinski definition) is 1. The zero-order valence-corrected chi connectivity index (χ0v) is 44.5. The topological polar surface area (TPSA) is 13.1 Å². The molecule has 0 saturated heterocycles. The molecule has 0 radical (unpaired) electrons. The Hall–Kier alpha value is -6.07.